The van der Waals surface area contributed by atoms with E-state index < -0.39 is 29.3 Å². The van der Waals surface area contributed by atoms with Crippen molar-refractivity contribution >= 4 is 18.1 Å². The van der Waals surface area contributed by atoms with Crippen LogP contribution in [0.5, 0.6) is 0 Å². The van der Waals surface area contributed by atoms with E-state index in [0.717, 1.165) is 6.08 Å². The molecule has 0 saturated heterocycles. The molecule has 108 valence electrons. The Morgan fingerprint density at radius 1 is 0.895 bits per heavy atom. The van der Waals surface area contributed by atoms with Crippen LogP contribution in [0.25, 0.3) is 0 Å². The first-order valence-corrected chi connectivity index (χ1v) is 5.80. The minimum atomic E-state index is -1.09. The van der Waals surface area contributed by atoms with Gasteiger partial charge in [0.25, 0.3) is 5.91 Å². The van der Waals surface area contributed by atoms with Crippen molar-refractivity contribution in [2.24, 2.45) is 0 Å². The molecular weight excluding hydrogens is 250 g/mol. The number of ether oxygens (including phenoxy) is 2. The fourth-order valence-electron chi connectivity index (χ4n) is 0.961. The maximum absolute atomic E-state index is 11.8. The lowest BCUT2D eigenvalue weighted by atomic mass is 10.2. The van der Waals surface area contributed by atoms with Crippen LogP contribution in [-0.2, 0) is 14.3 Å². The van der Waals surface area contributed by atoms with Gasteiger partial charge in [0, 0.05) is 0 Å². The van der Waals surface area contributed by atoms with Crippen LogP contribution in [0.4, 0.5) is 9.59 Å². The lowest BCUT2D eigenvalue weighted by Gasteiger charge is -2.26. The molecule has 3 amide bonds. The molecule has 0 aromatic carbocycles. The highest BCUT2D eigenvalue weighted by Gasteiger charge is 2.34. The van der Waals surface area contributed by atoms with Gasteiger partial charge in [0.05, 0.1) is 0 Å². The van der Waals surface area contributed by atoms with Crippen molar-refractivity contribution in [3.05, 3.63) is 12.7 Å². The zero-order valence-electron chi connectivity index (χ0n) is 12.3. The van der Waals surface area contributed by atoms with E-state index in [-0.39, 0.29) is 4.90 Å². The predicted molar refractivity (Wildman–Crippen MR) is 69.5 cm³/mol. The maximum Gasteiger partial charge on any atom is 0.427 e. The average molecular weight is 271 g/mol. The van der Waals surface area contributed by atoms with Gasteiger partial charge in [-0.3, -0.25) is 4.79 Å². The number of imide groups is 3. The average Bonchev–Trinajstić information content (AvgIpc) is 2.11. The van der Waals surface area contributed by atoms with Crippen LogP contribution in [0.15, 0.2) is 12.7 Å². The number of carbonyl (C=O) groups is 3. The van der Waals surface area contributed by atoms with E-state index in [2.05, 4.69) is 6.58 Å². The standard InChI is InChI=1S/C13H21NO5/c1-8-9(15)14(10(16)18-12(2,3)4)11(17)19-13(5,6)7/h8H,1H2,2-7H3. The summed E-state index contributed by atoms with van der Waals surface area (Å²) in [4.78, 5) is 35.5. The third kappa shape index (κ3) is 6.59. The van der Waals surface area contributed by atoms with Crippen LogP contribution in [0, 0.1) is 0 Å². The van der Waals surface area contributed by atoms with E-state index in [0.29, 0.717) is 0 Å². The summed E-state index contributed by atoms with van der Waals surface area (Å²) in [5, 5.41) is 0. The lowest BCUT2D eigenvalue weighted by molar-refractivity contribution is -0.124. The van der Waals surface area contributed by atoms with Gasteiger partial charge in [-0.15, -0.1) is 4.90 Å². The first-order valence-electron chi connectivity index (χ1n) is 5.80. The van der Waals surface area contributed by atoms with Gasteiger partial charge >= 0.3 is 12.2 Å². The molecule has 19 heavy (non-hydrogen) atoms. The Bertz CT molecular complexity index is 359. The Balaban J connectivity index is 5.13. The molecular formula is C13H21NO5. The van der Waals surface area contributed by atoms with Crippen molar-refractivity contribution in [2.75, 3.05) is 0 Å². The predicted octanol–water partition coefficient (Wildman–Crippen LogP) is 2.87. The Kier molecular flexibility index (Phi) is 5.29. The SMILES string of the molecule is C=CC(=O)N(C(=O)OC(C)(C)C)C(=O)OC(C)(C)C. The van der Waals surface area contributed by atoms with Crippen molar-refractivity contribution in [3.8, 4) is 0 Å². The van der Waals surface area contributed by atoms with Crippen LogP contribution >= 0.6 is 0 Å². The molecule has 0 bridgehead atoms. The van der Waals surface area contributed by atoms with Crippen molar-refractivity contribution < 1.29 is 23.9 Å². The molecule has 0 heterocycles. The largest absolute Gasteiger partial charge is 0.443 e. The fraction of sp³-hybridized carbons (Fsp3) is 0.615. The summed E-state index contributed by atoms with van der Waals surface area (Å²) in [6, 6.07) is 0. The molecule has 0 aliphatic carbocycles. The number of carbonyl (C=O) groups excluding carboxylic acids is 3. The zero-order valence-corrected chi connectivity index (χ0v) is 12.3. The Morgan fingerprint density at radius 3 is 1.42 bits per heavy atom. The van der Waals surface area contributed by atoms with Crippen LogP contribution < -0.4 is 0 Å². The first kappa shape index (κ1) is 17.2. The summed E-state index contributed by atoms with van der Waals surface area (Å²) in [6.07, 6.45) is -1.34. The lowest BCUT2D eigenvalue weighted by Crippen LogP contribution is -2.46. The molecule has 0 aliphatic heterocycles. The summed E-state index contributed by atoms with van der Waals surface area (Å²) < 4.78 is 9.95. The van der Waals surface area contributed by atoms with Crippen LogP contribution in [0.3, 0.4) is 0 Å². The van der Waals surface area contributed by atoms with Gasteiger partial charge < -0.3 is 9.47 Å². The van der Waals surface area contributed by atoms with Gasteiger partial charge in [-0.2, -0.15) is 0 Å². The van der Waals surface area contributed by atoms with E-state index in [4.69, 9.17) is 9.47 Å². The highest BCUT2D eigenvalue weighted by molar-refractivity contribution is 6.10. The van der Waals surface area contributed by atoms with Crippen LogP contribution in [0.1, 0.15) is 41.5 Å². The third-order valence-electron chi connectivity index (χ3n) is 1.55. The molecule has 6 heteroatoms. The van der Waals surface area contributed by atoms with E-state index >= 15 is 0 Å². The zero-order chi connectivity index (χ0) is 15.4. The molecule has 0 aromatic rings. The van der Waals surface area contributed by atoms with Gasteiger partial charge in [0.2, 0.25) is 0 Å². The third-order valence-corrected chi connectivity index (χ3v) is 1.55. The molecule has 0 fully saturated rings. The number of hydrogen-bond acceptors (Lipinski definition) is 5. The molecule has 0 aliphatic rings. The summed E-state index contributed by atoms with van der Waals surface area (Å²) in [6.45, 7) is 13.0. The molecule has 6 nitrogen and oxygen atoms in total. The fourth-order valence-corrected chi connectivity index (χ4v) is 0.961. The molecule has 0 atom stereocenters. The number of rotatable bonds is 1. The van der Waals surface area contributed by atoms with Crippen LogP contribution in [0.2, 0.25) is 0 Å². The minimum absolute atomic E-state index is 0.281. The summed E-state index contributed by atoms with van der Waals surface area (Å²) >= 11 is 0. The van der Waals surface area contributed by atoms with Crippen molar-refractivity contribution in [2.45, 2.75) is 52.7 Å². The van der Waals surface area contributed by atoms with E-state index in [1.165, 1.54) is 0 Å². The maximum atomic E-state index is 11.8. The smallest absolute Gasteiger partial charge is 0.427 e. The Hall–Kier alpha value is -1.85. The summed E-state index contributed by atoms with van der Waals surface area (Å²) in [5.41, 5.74) is -1.67. The van der Waals surface area contributed by atoms with Crippen molar-refractivity contribution in [1.29, 1.82) is 0 Å². The Morgan fingerprint density at radius 2 is 1.21 bits per heavy atom. The topological polar surface area (TPSA) is 72.9 Å². The highest BCUT2D eigenvalue weighted by atomic mass is 16.6. The second kappa shape index (κ2) is 5.86. The van der Waals surface area contributed by atoms with E-state index in [9.17, 15) is 14.4 Å². The van der Waals surface area contributed by atoms with E-state index in [1.807, 2.05) is 0 Å². The van der Waals surface area contributed by atoms with Gasteiger partial charge in [0.15, 0.2) is 0 Å². The molecule has 0 aromatic heterocycles. The minimum Gasteiger partial charge on any atom is -0.443 e. The first-order chi connectivity index (χ1) is 8.37. The second-order valence-corrected chi connectivity index (χ2v) is 5.84. The van der Waals surface area contributed by atoms with Gasteiger partial charge in [0.1, 0.15) is 11.2 Å². The Labute approximate surface area is 113 Å². The second-order valence-electron chi connectivity index (χ2n) is 5.84. The molecule has 0 N–H and O–H groups in total. The molecule has 0 radical (unpaired) electrons. The number of nitrogens with zero attached hydrogens (tertiary/aromatic N) is 1. The normalized spacial score (nSPS) is 11.5. The molecule has 0 saturated carbocycles. The monoisotopic (exact) mass is 271 g/mol. The van der Waals surface area contributed by atoms with Gasteiger partial charge in [-0.05, 0) is 47.6 Å². The quantitative estimate of drug-likeness (QED) is 0.686. The number of hydrogen-bond donors (Lipinski definition) is 0. The van der Waals surface area contributed by atoms with Gasteiger partial charge in [-0.1, -0.05) is 6.58 Å². The van der Waals surface area contributed by atoms with Crippen LogP contribution in [-0.4, -0.2) is 34.2 Å². The molecule has 0 rings (SSSR count). The summed E-state index contributed by atoms with van der Waals surface area (Å²) in [5.74, 6) is -0.900. The molecule has 0 spiro atoms. The summed E-state index contributed by atoms with van der Waals surface area (Å²) in [7, 11) is 0. The van der Waals surface area contributed by atoms with E-state index in [1.54, 1.807) is 41.5 Å². The number of amides is 3. The van der Waals surface area contributed by atoms with Crippen molar-refractivity contribution in [1.82, 2.24) is 4.90 Å². The van der Waals surface area contributed by atoms with Crippen molar-refractivity contribution in [3.63, 3.8) is 0 Å². The highest BCUT2D eigenvalue weighted by Crippen LogP contribution is 2.14. The molecule has 0 unspecified atom stereocenters. The van der Waals surface area contributed by atoms with Gasteiger partial charge in [-0.25, -0.2) is 9.59 Å².